The first-order valence-corrected chi connectivity index (χ1v) is 7.75. The third-order valence-electron chi connectivity index (χ3n) is 4.10. The van der Waals surface area contributed by atoms with Gasteiger partial charge in [-0.2, -0.15) is 0 Å². The molecule has 0 heterocycles. The Morgan fingerprint density at radius 3 is 2.41 bits per heavy atom. The molecule has 1 aromatic carbocycles. The van der Waals surface area contributed by atoms with Crippen LogP contribution in [-0.4, -0.2) is 42.4 Å². The number of carbonyl (C=O) groups is 2. The Morgan fingerprint density at radius 2 is 1.86 bits per heavy atom. The second-order valence-corrected chi connectivity index (χ2v) is 6.19. The average molecular weight is 303 g/mol. The molecule has 1 fully saturated rings. The lowest BCUT2D eigenvalue weighted by molar-refractivity contribution is -0.126. The second kappa shape index (κ2) is 6.92. The van der Waals surface area contributed by atoms with Gasteiger partial charge >= 0.3 is 0 Å². The lowest BCUT2D eigenvalue weighted by atomic mass is 10.1. The molecule has 0 unspecified atom stereocenters. The summed E-state index contributed by atoms with van der Waals surface area (Å²) < 4.78 is 0. The number of nitrogens with zero attached hydrogens (tertiary/aromatic N) is 1. The minimum atomic E-state index is -0.315. The molecule has 120 valence electrons. The Morgan fingerprint density at radius 1 is 1.27 bits per heavy atom. The summed E-state index contributed by atoms with van der Waals surface area (Å²) in [4.78, 5) is 26.0. The molecule has 0 spiro atoms. The minimum Gasteiger partial charge on any atom is -0.352 e. The standard InChI is InChI=1S/C17H25N3O2/c1-11-6-5-7-12(2)16(11)19-15(21)10-20(4)13(3)17(22)18-14-8-9-14/h5-7,13-14H,8-10H2,1-4H3,(H,18,22)(H,19,21)/t13-/m1/s1. The van der Waals surface area contributed by atoms with Crippen LogP contribution in [0.15, 0.2) is 18.2 Å². The van der Waals surface area contributed by atoms with Crippen molar-refractivity contribution in [1.82, 2.24) is 10.2 Å². The van der Waals surface area contributed by atoms with Crippen molar-refractivity contribution in [3.8, 4) is 0 Å². The molecule has 0 saturated heterocycles. The molecule has 1 aromatic rings. The molecule has 5 nitrogen and oxygen atoms in total. The first kappa shape index (κ1) is 16.5. The first-order chi connectivity index (χ1) is 10.4. The van der Waals surface area contributed by atoms with Gasteiger partial charge < -0.3 is 10.6 Å². The van der Waals surface area contributed by atoms with Crippen molar-refractivity contribution in [3.63, 3.8) is 0 Å². The SMILES string of the molecule is Cc1cccc(C)c1NC(=O)CN(C)[C@H](C)C(=O)NC1CC1. The van der Waals surface area contributed by atoms with Gasteiger partial charge in [-0.05, 0) is 51.8 Å². The summed E-state index contributed by atoms with van der Waals surface area (Å²) in [7, 11) is 1.79. The molecule has 1 saturated carbocycles. The van der Waals surface area contributed by atoms with Crippen LogP contribution in [0.25, 0.3) is 0 Å². The molecule has 0 aromatic heterocycles. The monoisotopic (exact) mass is 303 g/mol. The van der Waals surface area contributed by atoms with E-state index in [4.69, 9.17) is 0 Å². The van der Waals surface area contributed by atoms with Crippen molar-refractivity contribution >= 4 is 17.5 Å². The van der Waals surface area contributed by atoms with Gasteiger partial charge in [0.05, 0.1) is 12.6 Å². The smallest absolute Gasteiger partial charge is 0.238 e. The van der Waals surface area contributed by atoms with Crippen molar-refractivity contribution in [2.75, 3.05) is 18.9 Å². The normalized spacial score (nSPS) is 15.5. The number of benzene rings is 1. The van der Waals surface area contributed by atoms with Gasteiger partial charge in [-0.25, -0.2) is 0 Å². The lowest BCUT2D eigenvalue weighted by Gasteiger charge is -2.23. The highest BCUT2D eigenvalue weighted by molar-refractivity contribution is 5.94. The zero-order chi connectivity index (χ0) is 16.3. The van der Waals surface area contributed by atoms with E-state index in [0.717, 1.165) is 29.7 Å². The Bertz CT molecular complexity index is 547. The summed E-state index contributed by atoms with van der Waals surface area (Å²) in [6, 6.07) is 5.93. The van der Waals surface area contributed by atoms with Gasteiger partial charge in [0.2, 0.25) is 11.8 Å². The number of hydrogen-bond acceptors (Lipinski definition) is 3. The first-order valence-electron chi connectivity index (χ1n) is 7.75. The van der Waals surface area contributed by atoms with Crippen LogP contribution in [0.1, 0.15) is 30.9 Å². The van der Waals surface area contributed by atoms with E-state index in [1.807, 2.05) is 39.0 Å². The van der Waals surface area contributed by atoms with Crippen molar-refractivity contribution in [2.24, 2.45) is 0 Å². The number of carbonyl (C=O) groups excluding carboxylic acids is 2. The molecular formula is C17H25N3O2. The maximum Gasteiger partial charge on any atom is 0.238 e. The molecule has 1 aliphatic carbocycles. The zero-order valence-electron chi connectivity index (χ0n) is 13.8. The minimum absolute atomic E-state index is 0.00938. The summed E-state index contributed by atoms with van der Waals surface area (Å²) in [6.07, 6.45) is 2.13. The quantitative estimate of drug-likeness (QED) is 0.843. The molecule has 1 aliphatic rings. The van der Waals surface area contributed by atoms with Gasteiger partial charge in [-0.1, -0.05) is 18.2 Å². The summed E-state index contributed by atoms with van der Waals surface area (Å²) in [5.74, 6) is -0.115. The number of likely N-dealkylation sites (N-methyl/N-ethyl adjacent to an activating group) is 1. The van der Waals surface area contributed by atoms with Crippen LogP contribution >= 0.6 is 0 Å². The fourth-order valence-corrected chi connectivity index (χ4v) is 2.30. The maximum atomic E-state index is 12.2. The molecule has 2 rings (SSSR count). The van der Waals surface area contributed by atoms with Crippen LogP contribution in [0.5, 0.6) is 0 Å². The van der Waals surface area contributed by atoms with Crippen molar-refractivity contribution in [2.45, 2.75) is 45.7 Å². The van der Waals surface area contributed by atoms with Gasteiger partial charge in [0.15, 0.2) is 0 Å². The van der Waals surface area contributed by atoms with E-state index in [-0.39, 0.29) is 24.4 Å². The number of anilines is 1. The Kier molecular flexibility index (Phi) is 5.19. The molecule has 0 aliphatic heterocycles. The molecule has 1 atom stereocenters. The average Bonchev–Trinajstić information content (AvgIpc) is 3.26. The van der Waals surface area contributed by atoms with Crippen LogP contribution in [-0.2, 0) is 9.59 Å². The topological polar surface area (TPSA) is 61.4 Å². The molecule has 2 amide bonds. The van der Waals surface area contributed by atoms with Gasteiger partial charge in [0.1, 0.15) is 0 Å². The van der Waals surface area contributed by atoms with Crippen LogP contribution in [0.2, 0.25) is 0 Å². The van der Waals surface area contributed by atoms with Gasteiger partial charge in [0, 0.05) is 11.7 Å². The van der Waals surface area contributed by atoms with E-state index < -0.39 is 0 Å². The van der Waals surface area contributed by atoms with E-state index in [1.54, 1.807) is 11.9 Å². The van der Waals surface area contributed by atoms with E-state index in [2.05, 4.69) is 10.6 Å². The number of para-hydroxylation sites is 1. The summed E-state index contributed by atoms with van der Waals surface area (Å²) in [5, 5.41) is 5.91. The van der Waals surface area contributed by atoms with E-state index in [9.17, 15) is 9.59 Å². The Labute approximate surface area is 132 Å². The van der Waals surface area contributed by atoms with Crippen molar-refractivity contribution in [3.05, 3.63) is 29.3 Å². The highest BCUT2D eigenvalue weighted by Gasteiger charge is 2.27. The largest absolute Gasteiger partial charge is 0.352 e. The van der Waals surface area contributed by atoms with E-state index in [0.29, 0.717) is 6.04 Å². The predicted molar refractivity (Wildman–Crippen MR) is 87.8 cm³/mol. The van der Waals surface area contributed by atoms with Crippen molar-refractivity contribution < 1.29 is 9.59 Å². The van der Waals surface area contributed by atoms with Crippen LogP contribution < -0.4 is 10.6 Å². The lowest BCUT2D eigenvalue weighted by Crippen LogP contribution is -2.46. The number of amides is 2. The molecule has 5 heteroatoms. The Hall–Kier alpha value is -1.88. The molecule has 0 radical (unpaired) electrons. The summed E-state index contributed by atoms with van der Waals surface area (Å²) in [5.41, 5.74) is 2.93. The molecule has 2 N–H and O–H groups in total. The van der Waals surface area contributed by atoms with Crippen molar-refractivity contribution in [1.29, 1.82) is 0 Å². The Balaban J connectivity index is 1.89. The number of hydrogen-bond donors (Lipinski definition) is 2. The highest BCUT2D eigenvalue weighted by atomic mass is 16.2. The fraction of sp³-hybridized carbons (Fsp3) is 0.529. The number of rotatable bonds is 6. The number of nitrogens with one attached hydrogen (secondary N) is 2. The van der Waals surface area contributed by atoms with E-state index in [1.165, 1.54) is 0 Å². The molecular weight excluding hydrogens is 278 g/mol. The van der Waals surface area contributed by atoms with Gasteiger partial charge in [0.25, 0.3) is 0 Å². The second-order valence-electron chi connectivity index (χ2n) is 6.19. The molecule has 22 heavy (non-hydrogen) atoms. The predicted octanol–water partition coefficient (Wildman–Crippen LogP) is 1.84. The summed E-state index contributed by atoms with van der Waals surface area (Å²) >= 11 is 0. The van der Waals surface area contributed by atoms with Gasteiger partial charge in [-0.3, -0.25) is 14.5 Å². The number of aryl methyl sites for hydroxylation is 2. The van der Waals surface area contributed by atoms with Crippen LogP contribution in [0, 0.1) is 13.8 Å². The van der Waals surface area contributed by atoms with Crippen LogP contribution in [0.4, 0.5) is 5.69 Å². The third kappa shape index (κ3) is 4.31. The van der Waals surface area contributed by atoms with Crippen LogP contribution in [0.3, 0.4) is 0 Å². The zero-order valence-corrected chi connectivity index (χ0v) is 13.8. The van der Waals surface area contributed by atoms with Gasteiger partial charge in [-0.15, -0.1) is 0 Å². The maximum absolute atomic E-state index is 12.2. The summed E-state index contributed by atoms with van der Waals surface area (Å²) in [6.45, 7) is 5.95. The highest BCUT2D eigenvalue weighted by Crippen LogP contribution is 2.20. The third-order valence-corrected chi connectivity index (χ3v) is 4.10. The molecule has 0 bridgehead atoms. The fourth-order valence-electron chi connectivity index (χ4n) is 2.30. The van der Waals surface area contributed by atoms with E-state index >= 15 is 0 Å².